The Balaban J connectivity index is 2.67. The van der Waals surface area contributed by atoms with Gasteiger partial charge in [0.1, 0.15) is 5.76 Å². The summed E-state index contributed by atoms with van der Waals surface area (Å²) in [5, 5.41) is 8.71. The van der Waals surface area contributed by atoms with E-state index in [2.05, 4.69) is 0 Å². The van der Waals surface area contributed by atoms with Crippen molar-refractivity contribution in [3.63, 3.8) is 0 Å². The maximum atomic E-state index is 10.6. The predicted octanol–water partition coefficient (Wildman–Crippen LogP) is 1.91. The Morgan fingerprint density at radius 3 is 2.85 bits per heavy atom. The Bertz CT molecular complexity index is 261. The summed E-state index contributed by atoms with van der Waals surface area (Å²) >= 11 is 0. The van der Waals surface area contributed by atoms with E-state index in [0.29, 0.717) is 17.8 Å². The third kappa shape index (κ3) is 2.93. The van der Waals surface area contributed by atoms with Crippen molar-refractivity contribution in [1.82, 2.24) is 0 Å². The Labute approximate surface area is 77.7 Å². The van der Waals surface area contributed by atoms with Gasteiger partial charge in [-0.3, -0.25) is 0 Å². The van der Waals surface area contributed by atoms with E-state index in [9.17, 15) is 4.79 Å². The largest absolute Gasteiger partial charge is 0.495 e. The molecular weight excluding hydrogens is 168 g/mol. The van der Waals surface area contributed by atoms with E-state index in [1.54, 1.807) is 12.2 Å². The van der Waals surface area contributed by atoms with E-state index >= 15 is 0 Å². The summed E-state index contributed by atoms with van der Waals surface area (Å²) in [5.74, 6) is -0.257. The number of hydrogen-bond acceptors (Lipinski definition) is 2. The zero-order valence-electron chi connectivity index (χ0n) is 7.78. The van der Waals surface area contributed by atoms with Crippen molar-refractivity contribution in [3.05, 3.63) is 29.9 Å². The first-order valence-corrected chi connectivity index (χ1v) is 4.24. The Kier molecular flexibility index (Phi) is 3.12. The highest BCUT2D eigenvalue weighted by Gasteiger charge is 2.12. The molecule has 1 aliphatic rings. The third-order valence-corrected chi connectivity index (χ3v) is 1.57. The summed E-state index contributed by atoms with van der Waals surface area (Å²) < 4.78 is 5.37. The molecule has 0 bridgehead atoms. The second-order valence-electron chi connectivity index (χ2n) is 3.12. The molecule has 0 fully saturated rings. The van der Waals surface area contributed by atoms with E-state index in [1.807, 2.05) is 20.3 Å². The van der Waals surface area contributed by atoms with E-state index in [0.717, 1.165) is 0 Å². The fourth-order valence-electron chi connectivity index (χ4n) is 1.08. The fourth-order valence-corrected chi connectivity index (χ4v) is 1.08. The van der Waals surface area contributed by atoms with E-state index in [4.69, 9.17) is 9.84 Å². The van der Waals surface area contributed by atoms with Gasteiger partial charge in [-0.15, -0.1) is 0 Å². The second kappa shape index (κ2) is 4.12. The van der Waals surface area contributed by atoms with Crippen molar-refractivity contribution < 1.29 is 14.6 Å². The highest BCUT2D eigenvalue weighted by atomic mass is 16.5. The number of hydrogen-bond donors (Lipinski definition) is 1. The number of carboxylic acid groups (broad SMARTS) is 1. The maximum absolute atomic E-state index is 10.6. The third-order valence-electron chi connectivity index (χ3n) is 1.57. The van der Waals surface area contributed by atoms with Gasteiger partial charge >= 0.3 is 5.97 Å². The molecule has 3 heteroatoms. The van der Waals surface area contributed by atoms with Crippen molar-refractivity contribution in [1.29, 1.82) is 0 Å². The van der Waals surface area contributed by atoms with Crippen LogP contribution in [0.5, 0.6) is 0 Å². The van der Waals surface area contributed by atoms with Crippen LogP contribution in [0.3, 0.4) is 0 Å². The zero-order valence-corrected chi connectivity index (χ0v) is 7.78. The minimum Gasteiger partial charge on any atom is -0.495 e. The molecule has 0 aromatic carbocycles. The molecule has 1 N–H and O–H groups in total. The minimum atomic E-state index is -0.905. The molecule has 0 spiro atoms. The summed E-state index contributed by atoms with van der Waals surface area (Å²) in [6, 6.07) is 0. The van der Waals surface area contributed by atoms with Gasteiger partial charge in [0.05, 0.1) is 11.7 Å². The SMILES string of the molecule is CC(C)OC1=CC(C(=O)O)=CC[CH]1. The number of allylic oxidation sites excluding steroid dienone is 2. The molecule has 1 aliphatic carbocycles. The van der Waals surface area contributed by atoms with Crippen LogP contribution in [0.25, 0.3) is 0 Å². The number of rotatable bonds is 3. The van der Waals surface area contributed by atoms with Gasteiger partial charge in [0.15, 0.2) is 0 Å². The van der Waals surface area contributed by atoms with Crippen molar-refractivity contribution in [3.8, 4) is 0 Å². The van der Waals surface area contributed by atoms with Crippen molar-refractivity contribution in [2.75, 3.05) is 0 Å². The molecule has 0 atom stereocenters. The molecular formula is C10H13O3. The van der Waals surface area contributed by atoms with Gasteiger partial charge < -0.3 is 9.84 Å². The molecule has 0 unspecified atom stereocenters. The quantitative estimate of drug-likeness (QED) is 0.723. The lowest BCUT2D eigenvalue weighted by atomic mass is 10.1. The molecule has 0 aliphatic heterocycles. The first kappa shape index (κ1) is 9.84. The average molecular weight is 181 g/mol. The number of ether oxygens (including phenoxy) is 1. The summed E-state index contributed by atoms with van der Waals surface area (Å²) in [5.41, 5.74) is 0.304. The molecule has 71 valence electrons. The number of carbonyl (C=O) groups is 1. The smallest absolute Gasteiger partial charge is 0.335 e. The highest BCUT2D eigenvalue weighted by Crippen LogP contribution is 2.18. The molecule has 0 aromatic rings. The predicted molar refractivity (Wildman–Crippen MR) is 48.9 cm³/mol. The lowest BCUT2D eigenvalue weighted by Gasteiger charge is -2.15. The van der Waals surface area contributed by atoms with Crippen LogP contribution in [0.2, 0.25) is 0 Å². The average Bonchev–Trinajstić information content (AvgIpc) is 2.03. The molecule has 13 heavy (non-hydrogen) atoms. The minimum absolute atomic E-state index is 0.0793. The molecule has 0 aromatic heterocycles. The van der Waals surface area contributed by atoms with Crippen LogP contribution in [0, 0.1) is 6.42 Å². The molecule has 0 heterocycles. The van der Waals surface area contributed by atoms with Crippen LogP contribution in [0.1, 0.15) is 20.3 Å². The number of aliphatic carboxylic acids is 1. The van der Waals surface area contributed by atoms with Gasteiger partial charge in [-0.1, -0.05) is 6.08 Å². The summed E-state index contributed by atoms with van der Waals surface area (Å²) in [7, 11) is 0. The summed E-state index contributed by atoms with van der Waals surface area (Å²) in [4.78, 5) is 10.6. The normalized spacial score (nSPS) is 16.5. The van der Waals surface area contributed by atoms with Gasteiger partial charge in [-0.05, 0) is 26.3 Å². The van der Waals surface area contributed by atoms with Crippen LogP contribution in [-0.4, -0.2) is 17.2 Å². The maximum Gasteiger partial charge on any atom is 0.335 e. The molecule has 3 nitrogen and oxygen atoms in total. The lowest BCUT2D eigenvalue weighted by Crippen LogP contribution is -2.08. The first-order chi connectivity index (χ1) is 6.09. The molecule has 1 rings (SSSR count). The topological polar surface area (TPSA) is 46.5 Å². The van der Waals surface area contributed by atoms with Crippen LogP contribution in [-0.2, 0) is 9.53 Å². The van der Waals surface area contributed by atoms with Crippen LogP contribution in [0.15, 0.2) is 23.5 Å². The van der Waals surface area contributed by atoms with E-state index in [-0.39, 0.29) is 6.10 Å². The molecule has 0 saturated carbocycles. The van der Waals surface area contributed by atoms with Crippen LogP contribution >= 0.6 is 0 Å². The molecule has 0 amide bonds. The van der Waals surface area contributed by atoms with Gasteiger partial charge in [0.2, 0.25) is 0 Å². The Morgan fingerprint density at radius 1 is 1.62 bits per heavy atom. The van der Waals surface area contributed by atoms with Crippen LogP contribution in [0.4, 0.5) is 0 Å². The van der Waals surface area contributed by atoms with Gasteiger partial charge in [0, 0.05) is 6.42 Å². The molecule has 1 radical (unpaired) electrons. The second-order valence-corrected chi connectivity index (χ2v) is 3.12. The van der Waals surface area contributed by atoms with Crippen molar-refractivity contribution >= 4 is 5.97 Å². The fraction of sp³-hybridized carbons (Fsp3) is 0.400. The first-order valence-electron chi connectivity index (χ1n) is 4.24. The monoisotopic (exact) mass is 181 g/mol. The summed E-state index contributed by atoms with van der Waals surface area (Å²) in [6.45, 7) is 3.82. The highest BCUT2D eigenvalue weighted by molar-refractivity contribution is 5.90. The lowest BCUT2D eigenvalue weighted by molar-refractivity contribution is -0.132. The van der Waals surface area contributed by atoms with Crippen molar-refractivity contribution in [2.45, 2.75) is 26.4 Å². The van der Waals surface area contributed by atoms with Crippen molar-refractivity contribution in [2.24, 2.45) is 0 Å². The van der Waals surface area contributed by atoms with Gasteiger partial charge in [-0.2, -0.15) is 0 Å². The zero-order chi connectivity index (χ0) is 9.84. The van der Waals surface area contributed by atoms with Crippen LogP contribution < -0.4 is 0 Å². The number of carboxylic acids is 1. The van der Waals surface area contributed by atoms with E-state index < -0.39 is 5.97 Å². The Morgan fingerprint density at radius 2 is 2.31 bits per heavy atom. The van der Waals surface area contributed by atoms with Gasteiger partial charge in [0.25, 0.3) is 0 Å². The van der Waals surface area contributed by atoms with E-state index in [1.165, 1.54) is 0 Å². The summed E-state index contributed by atoms with van der Waals surface area (Å²) in [6.07, 6.45) is 5.78. The molecule has 0 saturated heterocycles. The Hall–Kier alpha value is -1.25. The van der Waals surface area contributed by atoms with Gasteiger partial charge in [-0.25, -0.2) is 4.79 Å². The standard InChI is InChI=1S/C10H13O3/c1-7(2)13-9-5-3-4-8(6-9)10(11)12/h4-7H,3H2,1-2H3,(H,11,12).